The Morgan fingerprint density at radius 1 is 0.812 bits per heavy atom. The summed E-state index contributed by atoms with van der Waals surface area (Å²) in [6, 6.07) is 24.2. The lowest BCUT2D eigenvalue weighted by Crippen LogP contribution is -2.17. The van der Waals surface area contributed by atoms with Crippen molar-refractivity contribution in [2.24, 2.45) is 0 Å². The van der Waals surface area contributed by atoms with E-state index >= 15 is 0 Å². The second-order valence-corrected chi connectivity index (χ2v) is 13.2. The summed E-state index contributed by atoms with van der Waals surface area (Å²) in [6.07, 6.45) is 2.85. The number of rotatable bonds is 13. The van der Waals surface area contributed by atoms with Crippen LogP contribution in [0.15, 0.2) is 102 Å². The Bertz CT molecular complexity index is 1950. The first-order valence-electron chi connectivity index (χ1n) is 15.0. The molecule has 0 unspecified atom stereocenters. The summed E-state index contributed by atoms with van der Waals surface area (Å²) < 4.78 is 53.0. The predicted molar refractivity (Wildman–Crippen MR) is 178 cm³/mol. The standard InChI is InChI=1S/C35H35N5O7S/c1-35(2,3)25-15-17-26(18-16-25)48(42,43)40-31-30(47-28-14-9-8-13-27(28)44-4)34(39-33(38-31)32-36-20-10-21-37-32)45-22-19-29(41)46-23-24-11-6-5-7-12-24/h5-18,20-21H,19,22-23H2,1-4H3,(H,38,39,40). The van der Waals surface area contributed by atoms with Gasteiger partial charge < -0.3 is 18.9 Å². The maximum Gasteiger partial charge on any atom is 0.309 e. The fourth-order valence-electron chi connectivity index (χ4n) is 4.38. The molecule has 2 aromatic heterocycles. The van der Waals surface area contributed by atoms with Crippen LogP contribution in [0, 0.1) is 0 Å². The summed E-state index contributed by atoms with van der Waals surface area (Å²) in [5, 5.41) is 0. The Labute approximate surface area is 279 Å². The van der Waals surface area contributed by atoms with Gasteiger partial charge in [0.05, 0.1) is 18.4 Å². The van der Waals surface area contributed by atoms with E-state index in [1.54, 1.807) is 42.5 Å². The molecule has 0 fully saturated rings. The van der Waals surface area contributed by atoms with Crippen LogP contribution in [0.1, 0.15) is 38.3 Å². The van der Waals surface area contributed by atoms with E-state index in [0.29, 0.717) is 5.75 Å². The number of aromatic nitrogens is 4. The van der Waals surface area contributed by atoms with Crippen molar-refractivity contribution in [2.75, 3.05) is 18.4 Å². The lowest BCUT2D eigenvalue weighted by atomic mass is 9.87. The molecule has 248 valence electrons. The van der Waals surface area contributed by atoms with Crippen molar-refractivity contribution >= 4 is 21.8 Å². The number of carbonyl (C=O) groups excluding carboxylic acids is 1. The Kier molecular flexibility index (Phi) is 10.5. The molecule has 0 aliphatic carbocycles. The topological polar surface area (TPSA) is 152 Å². The van der Waals surface area contributed by atoms with Gasteiger partial charge in [0.1, 0.15) is 13.2 Å². The largest absolute Gasteiger partial charge is 0.493 e. The first-order valence-corrected chi connectivity index (χ1v) is 16.5. The number of benzene rings is 3. The number of ether oxygens (including phenoxy) is 4. The minimum absolute atomic E-state index is 0.00139. The number of para-hydroxylation sites is 2. The highest BCUT2D eigenvalue weighted by molar-refractivity contribution is 7.92. The normalized spacial score (nSPS) is 11.4. The van der Waals surface area contributed by atoms with E-state index in [-0.39, 0.29) is 64.8 Å². The average Bonchev–Trinajstić information content (AvgIpc) is 3.09. The van der Waals surface area contributed by atoms with Crippen LogP contribution in [-0.2, 0) is 31.6 Å². The highest BCUT2D eigenvalue weighted by Gasteiger charge is 2.26. The zero-order valence-corrected chi connectivity index (χ0v) is 27.7. The first-order chi connectivity index (χ1) is 23.0. The summed E-state index contributed by atoms with van der Waals surface area (Å²) in [7, 11) is -2.74. The van der Waals surface area contributed by atoms with E-state index in [1.807, 2.05) is 51.1 Å². The number of hydrogen-bond donors (Lipinski definition) is 1. The number of nitrogens with one attached hydrogen (secondary N) is 1. The molecule has 5 rings (SSSR count). The summed E-state index contributed by atoms with van der Waals surface area (Å²) in [5.41, 5.74) is 1.63. The molecule has 0 atom stereocenters. The lowest BCUT2D eigenvalue weighted by molar-refractivity contribution is -0.145. The number of hydrogen-bond acceptors (Lipinski definition) is 11. The van der Waals surface area contributed by atoms with Gasteiger partial charge in [-0.05, 0) is 46.9 Å². The van der Waals surface area contributed by atoms with Crippen LogP contribution in [0.4, 0.5) is 5.82 Å². The highest BCUT2D eigenvalue weighted by atomic mass is 32.2. The van der Waals surface area contributed by atoms with Crippen molar-refractivity contribution in [1.82, 2.24) is 19.9 Å². The van der Waals surface area contributed by atoms with Crippen molar-refractivity contribution in [3.05, 3.63) is 108 Å². The molecule has 0 amide bonds. The number of anilines is 1. The molecular formula is C35H35N5O7S. The SMILES string of the molecule is COc1ccccc1Oc1c(NS(=O)(=O)c2ccc(C(C)(C)C)cc2)nc(-c2ncccn2)nc1OCCC(=O)OCc1ccccc1. The van der Waals surface area contributed by atoms with Crippen LogP contribution in [0.2, 0.25) is 0 Å². The smallest absolute Gasteiger partial charge is 0.309 e. The second-order valence-electron chi connectivity index (χ2n) is 11.5. The highest BCUT2D eigenvalue weighted by Crippen LogP contribution is 2.41. The fraction of sp³-hybridized carbons (Fsp3) is 0.229. The van der Waals surface area contributed by atoms with Gasteiger partial charge in [-0.15, -0.1) is 0 Å². The molecule has 48 heavy (non-hydrogen) atoms. The molecule has 0 bridgehead atoms. The number of methoxy groups -OCH3 is 1. The molecule has 0 saturated heterocycles. The third-order valence-electron chi connectivity index (χ3n) is 6.93. The Hall–Kier alpha value is -5.56. The van der Waals surface area contributed by atoms with Crippen LogP contribution in [-0.4, -0.2) is 48.0 Å². The molecule has 0 saturated carbocycles. The quantitative estimate of drug-likeness (QED) is 0.140. The van der Waals surface area contributed by atoms with Gasteiger partial charge in [0, 0.05) is 12.4 Å². The Morgan fingerprint density at radius 2 is 1.48 bits per heavy atom. The van der Waals surface area contributed by atoms with Gasteiger partial charge >= 0.3 is 5.97 Å². The van der Waals surface area contributed by atoms with E-state index in [1.165, 1.54) is 31.6 Å². The van der Waals surface area contributed by atoms with E-state index < -0.39 is 16.0 Å². The third kappa shape index (κ3) is 8.62. The molecule has 0 aliphatic heterocycles. The average molecular weight is 670 g/mol. The minimum Gasteiger partial charge on any atom is -0.493 e. The maximum absolute atomic E-state index is 13.8. The maximum atomic E-state index is 13.8. The van der Waals surface area contributed by atoms with E-state index in [4.69, 9.17) is 18.9 Å². The number of nitrogens with zero attached hydrogens (tertiary/aromatic N) is 4. The van der Waals surface area contributed by atoms with E-state index in [2.05, 4.69) is 24.7 Å². The number of esters is 1. The molecule has 0 aliphatic rings. The summed E-state index contributed by atoms with van der Waals surface area (Å²) in [4.78, 5) is 29.9. The van der Waals surface area contributed by atoms with Crippen LogP contribution < -0.4 is 18.9 Å². The number of sulfonamides is 1. The van der Waals surface area contributed by atoms with Crippen molar-refractivity contribution in [3.63, 3.8) is 0 Å². The lowest BCUT2D eigenvalue weighted by Gasteiger charge is -2.20. The third-order valence-corrected chi connectivity index (χ3v) is 8.29. The van der Waals surface area contributed by atoms with Gasteiger partial charge in [-0.3, -0.25) is 9.52 Å². The Morgan fingerprint density at radius 3 is 2.15 bits per heavy atom. The molecule has 13 heteroatoms. The van der Waals surface area contributed by atoms with Crippen LogP contribution >= 0.6 is 0 Å². The summed E-state index contributed by atoms with van der Waals surface area (Å²) in [6.45, 7) is 6.04. The Balaban J connectivity index is 1.51. The van der Waals surface area contributed by atoms with Crippen molar-refractivity contribution in [1.29, 1.82) is 0 Å². The van der Waals surface area contributed by atoms with Crippen molar-refractivity contribution in [3.8, 4) is 34.8 Å². The van der Waals surface area contributed by atoms with Gasteiger partial charge in [0.25, 0.3) is 15.9 Å². The molecule has 1 N–H and O–H groups in total. The summed E-state index contributed by atoms with van der Waals surface area (Å²) >= 11 is 0. The molecular weight excluding hydrogens is 634 g/mol. The molecule has 3 aromatic carbocycles. The first kappa shape index (κ1) is 33.8. The van der Waals surface area contributed by atoms with Gasteiger partial charge in [0.2, 0.25) is 11.6 Å². The number of carbonyl (C=O) groups is 1. The minimum atomic E-state index is -4.21. The van der Waals surface area contributed by atoms with Crippen LogP contribution in [0.25, 0.3) is 11.6 Å². The van der Waals surface area contributed by atoms with Crippen molar-refractivity contribution in [2.45, 2.75) is 44.1 Å². The second kappa shape index (κ2) is 14.9. The van der Waals surface area contributed by atoms with E-state index in [0.717, 1.165) is 11.1 Å². The van der Waals surface area contributed by atoms with Crippen LogP contribution in [0.3, 0.4) is 0 Å². The predicted octanol–water partition coefficient (Wildman–Crippen LogP) is 6.35. The fourth-order valence-corrected chi connectivity index (χ4v) is 5.38. The van der Waals surface area contributed by atoms with E-state index in [9.17, 15) is 13.2 Å². The van der Waals surface area contributed by atoms with Crippen LogP contribution in [0.5, 0.6) is 23.1 Å². The monoisotopic (exact) mass is 669 g/mol. The zero-order chi connectivity index (χ0) is 34.1. The summed E-state index contributed by atoms with van der Waals surface area (Å²) in [5.74, 6) is -0.466. The molecule has 2 heterocycles. The molecule has 12 nitrogen and oxygen atoms in total. The molecule has 0 spiro atoms. The molecule has 0 radical (unpaired) electrons. The van der Waals surface area contributed by atoms with Gasteiger partial charge in [0.15, 0.2) is 23.1 Å². The zero-order valence-electron chi connectivity index (χ0n) is 26.9. The van der Waals surface area contributed by atoms with Gasteiger partial charge in [-0.2, -0.15) is 4.98 Å². The van der Waals surface area contributed by atoms with Gasteiger partial charge in [-0.25, -0.2) is 23.4 Å². The van der Waals surface area contributed by atoms with Gasteiger partial charge in [-0.1, -0.05) is 75.4 Å². The van der Waals surface area contributed by atoms with Crippen molar-refractivity contribution < 1.29 is 32.2 Å². The molecule has 5 aromatic rings.